The smallest absolute Gasteiger partial charge is 0.0610 e. The van der Waals surface area contributed by atoms with Gasteiger partial charge in [-0.1, -0.05) is 12.1 Å². The molecule has 3 rings (SSSR count). The van der Waals surface area contributed by atoms with E-state index in [0.717, 1.165) is 26.2 Å². The fourth-order valence-electron chi connectivity index (χ4n) is 2.77. The van der Waals surface area contributed by atoms with Gasteiger partial charge in [0.25, 0.3) is 0 Å². The molecule has 20 heavy (non-hydrogen) atoms. The minimum Gasteiger partial charge on any atom is -0.314 e. The Morgan fingerprint density at radius 2 is 1.85 bits per heavy atom. The van der Waals surface area contributed by atoms with E-state index in [1.807, 2.05) is 0 Å². The largest absolute Gasteiger partial charge is 0.314 e. The minimum atomic E-state index is 0.402. The topological polar surface area (TPSA) is 15.3 Å². The second-order valence-corrected chi connectivity index (χ2v) is 6.68. The number of piperazine rings is 1. The Hall–Kier alpha value is -0.810. The molecule has 1 unspecified atom stereocenters. The van der Waals surface area contributed by atoms with Crippen molar-refractivity contribution >= 4 is 23.1 Å². The highest BCUT2D eigenvalue weighted by molar-refractivity contribution is 7.98. The van der Waals surface area contributed by atoms with Gasteiger partial charge < -0.3 is 5.32 Å². The summed E-state index contributed by atoms with van der Waals surface area (Å²) in [7, 11) is 0. The van der Waals surface area contributed by atoms with Crippen LogP contribution in [-0.2, 0) is 0 Å². The van der Waals surface area contributed by atoms with Crippen LogP contribution in [0, 0.1) is 0 Å². The summed E-state index contributed by atoms with van der Waals surface area (Å²) in [6.45, 7) is 4.41. The van der Waals surface area contributed by atoms with Crippen LogP contribution in [0.3, 0.4) is 0 Å². The Morgan fingerprint density at radius 3 is 2.45 bits per heavy atom. The molecule has 2 nitrogen and oxygen atoms in total. The van der Waals surface area contributed by atoms with E-state index in [1.54, 1.807) is 23.1 Å². The molecule has 2 heterocycles. The SMILES string of the molecule is CSc1ccc(C(c2ccsc2)N2CCNCC2)cc1. The molecule has 0 radical (unpaired) electrons. The van der Waals surface area contributed by atoms with Crippen LogP contribution in [0.4, 0.5) is 0 Å². The van der Waals surface area contributed by atoms with Crippen molar-refractivity contribution in [3.8, 4) is 0 Å². The molecule has 0 bridgehead atoms. The molecule has 1 aromatic heterocycles. The standard InChI is InChI=1S/C16H20N2S2/c1-19-15-4-2-13(3-5-15)16(14-6-11-20-12-14)18-9-7-17-8-10-18/h2-6,11-12,16-17H,7-10H2,1H3. The highest BCUT2D eigenvalue weighted by atomic mass is 32.2. The Balaban J connectivity index is 1.91. The second kappa shape index (κ2) is 6.76. The number of hydrogen-bond donors (Lipinski definition) is 1. The highest BCUT2D eigenvalue weighted by Crippen LogP contribution is 2.31. The predicted octanol–water partition coefficient (Wildman–Crippen LogP) is 3.46. The Labute approximate surface area is 129 Å². The van der Waals surface area contributed by atoms with Crippen LogP contribution in [0.25, 0.3) is 0 Å². The fraction of sp³-hybridized carbons (Fsp3) is 0.375. The zero-order chi connectivity index (χ0) is 13.8. The second-order valence-electron chi connectivity index (χ2n) is 5.02. The number of hydrogen-bond acceptors (Lipinski definition) is 4. The number of benzene rings is 1. The number of thioether (sulfide) groups is 1. The molecule has 1 aromatic carbocycles. The summed E-state index contributed by atoms with van der Waals surface area (Å²) in [4.78, 5) is 3.92. The third kappa shape index (κ3) is 3.09. The van der Waals surface area contributed by atoms with E-state index < -0.39 is 0 Å². The van der Waals surface area contributed by atoms with Gasteiger partial charge in [0.2, 0.25) is 0 Å². The lowest BCUT2D eigenvalue weighted by molar-refractivity contribution is 0.198. The lowest BCUT2D eigenvalue weighted by Crippen LogP contribution is -2.45. The molecule has 1 fully saturated rings. The maximum Gasteiger partial charge on any atom is 0.0610 e. The van der Waals surface area contributed by atoms with E-state index in [1.165, 1.54) is 16.0 Å². The average molecular weight is 304 g/mol. The molecule has 2 aromatic rings. The monoisotopic (exact) mass is 304 g/mol. The number of thiophene rings is 1. The Morgan fingerprint density at radius 1 is 1.10 bits per heavy atom. The molecule has 0 saturated carbocycles. The van der Waals surface area contributed by atoms with Crippen LogP contribution in [0.15, 0.2) is 46.0 Å². The van der Waals surface area contributed by atoms with E-state index in [4.69, 9.17) is 0 Å². The summed E-state index contributed by atoms with van der Waals surface area (Å²) in [6, 6.07) is 11.7. The van der Waals surface area contributed by atoms with Gasteiger partial charge in [0, 0.05) is 31.1 Å². The third-order valence-electron chi connectivity index (χ3n) is 3.81. The molecule has 0 amide bonds. The van der Waals surface area contributed by atoms with Crippen LogP contribution < -0.4 is 5.32 Å². The summed E-state index contributed by atoms with van der Waals surface area (Å²) in [6.07, 6.45) is 2.13. The first kappa shape index (κ1) is 14.1. The van der Waals surface area contributed by atoms with Gasteiger partial charge in [0.05, 0.1) is 6.04 Å². The minimum absolute atomic E-state index is 0.402. The first-order chi connectivity index (χ1) is 9.88. The zero-order valence-electron chi connectivity index (χ0n) is 11.7. The van der Waals surface area contributed by atoms with E-state index >= 15 is 0 Å². The van der Waals surface area contributed by atoms with Gasteiger partial charge in [-0.15, -0.1) is 11.8 Å². The van der Waals surface area contributed by atoms with Gasteiger partial charge in [-0.2, -0.15) is 11.3 Å². The number of nitrogens with one attached hydrogen (secondary N) is 1. The fourth-order valence-corrected chi connectivity index (χ4v) is 3.86. The summed E-state index contributed by atoms with van der Waals surface area (Å²) < 4.78 is 0. The van der Waals surface area contributed by atoms with Gasteiger partial charge >= 0.3 is 0 Å². The van der Waals surface area contributed by atoms with Crippen molar-refractivity contribution in [3.63, 3.8) is 0 Å². The van der Waals surface area contributed by atoms with Crippen LogP contribution in [-0.4, -0.2) is 37.3 Å². The maximum absolute atomic E-state index is 3.44. The predicted molar refractivity (Wildman–Crippen MR) is 88.8 cm³/mol. The summed E-state index contributed by atoms with van der Waals surface area (Å²) in [5.74, 6) is 0. The zero-order valence-corrected chi connectivity index (χ0v) is 13.3. The average Bonchev–Trinajstić information content (AvgIpc) is 3.03. The van der Waals surface area contributed by atoms with E-state index in [2.05, 4.69) is 57.6 Å². The van der Waals surface area contributed by atoms with Gasteiger partial charge in [-0.25, -0.2) is 0 Å². The van der Waals surface area contributed by atoms with E-state index in [0.29, 0.717) is 6.04 Å². The molecule has 106 valence electrons. The molecule has 1 saturated heterocycles. The van der Waals surface area contributed by atoms with Crippen molar-refractivity contribution in [3.05, 3.63) is 52.2 Å². The summed E-state index contributed by atoms with van der Waals surface area (Å²) in [5, 5.41) is 7.91. The van der Waals surface area contributed by atoms with Gasteiger partial charge in [0.1, 0.15) is 0 Å². The van der Waals surface area contributed by atoms with Crippen LogP contribution >= 0.6 is 23.1 Å². The Kier molecular flexibility index (Phi) is 4.78. The van der Waals surface area contributed by atoms with Crippen LogP contribution in [0.5, 0.6) is 0 Å². The molecule has 1 aliphatic heterocycles. The Bertz CT molecular complexity index is 516. The van der Waals surface area contributed by atoms with Crippen LogP contribution in [0.2, 0.25) is 0 Å². The van der Waals surface area contributed by atoms with Crippen molar-refractivity contribution in [2.24, 2.45) is 0 Å². The van der Waals surface area contributed by atoms with Crippen LogP contribution in [0.1, 0.15) is 17.2 Å². The van der Waals surface area contributed by atoms with Crippen molar-refractivity contribution in [1.82, 2.24) is 10.2 Å². The third-order valence-corrected chi connectivity index (χ3v) is 5.25. The summed E-state index contributed by atoms with van der Waals surface area (Å²) >= 11 is 3.59. The first-order valence-electron chi connectivity index (χ1n) is 6.99. The summed E-state index contributed by atoms with van der Waals surface area (Å²) in [5.41, 5.74) is 2.83. The van der Waals surface area contributed by atoms with Gasteiger partial charge in [-0.3, -0.25) is 4.90 Å². The van der Waals surface area contributed by atoms with Crippen molar-refractivity contribution in [1.29, 1.82) is 0 Å². The van der Waals surface area contributed by atoms with E-state index in [9.17, 15) is 0 Å². The molecule has 1 aliphatic rings. The molecular weight excluding hydrogens is 284 g/mol. The lowest BCUT2D eigenvalue weighted by atomic mass is 9.99. The van der Waals surface area contributed by atoms with Crippen molar-refractivity contribution < 1.29 is 0 Å². The number of rotatable bonds is 4. The molecular formula is C16H20N2S2. The van der Waals surface area contributed by atoms with E-state index in [-0.39, 0.29) is 0 Å². The molecule has 0 aliphatic carbocycles. The number of nitrogens with zero attached hydrogens (tertiary/aromatic N) is 1. The molecule has 1 N–H and O–H groups in total. The first-order valence-corrected chi connectivity index (χ1v) is 9.16. The van der Waals surface area contributed by atoms with Gasteiger partial charge in [-0.05, 0) is 46.3 Å². The maximum atomic E-state index is 3.44. The quantitative estimate of drug-likeness (QED) is 0.871. The normalized spacial score (nSPS) is 18.1. The molecule has 1 atom stereocenters. The highest BCUT2D eigenvalue weighted by Gasteiger charge is 2.23. The molecule has 4 heteroatoms. The van der Waals surface area contributed by atoms with Gasteiger partial charge in [0.15, 0.2) is 0 Å². The lowest BCUT2D eigenvalue weighted by Gasteiger charge is -2.35. The van der Waals surface area contributed by atoms with Crippen molar-refractivity contribution in [2.75, 3.05) is 32.4 Å². The van der Waals surface area contributed by atoms with Crippen molar-refractivity contribution in [2.45, 2.75) is 10.9 Å². The molecule has 0 spiro atoms.